The van der Waals surface area contributed by atoms with Gasteiger partial charge in [-0.3, -0.25) is 4.90 Å². The molecule has 1 aliphatic heterocycles. The van der Waals surface area contributed by atoms with Crippen LogP contribution in [0.5, 0.6) is 0 Å². The summed E-state index contributed by atoms with van der Waals surface area (Å²) in [7, 11) is 0. The molecule has 1 saturated heterocycles. The van der Waals surface area contributed by atoms with Gasteiger partial charge in [-0.1, -0.05) is 24.7 Å². The van der Waals surface area contributed by atoms with Gasteiger partial charge in [-0.2, -0.15) is 0 Å². The molecule has 18 heavy (non-hydrogen) atoms. The van der Waals surface area contributed by atoms with Crippen LogP contribution in [-0.4, -0.2) is 22.5 Å². The van der Waals surface area contributed by atoms with Crippen LogP contribution in [0.4, 0.5) is 4.39 Å². The zero-order valence-corrected chi connectivity index (χ0v) is 11.5. The number of hydrogen-bond donors (Lipinski definition) is 1. The molecule has 1 aliphatic rings. The molecule has 1 atom stereocenters. The second kappa shape index (κ2) is 5.76. The quantitative estimate of drug-likeness (QED) is 0.853. The van der Waals surface area contributed by atoms with Gasteiger partial charge in [0.2, 0.25) is 0 Å². The van der Waals surface area contributed by atoms with Gasteiger partial charge in [-0.05, 0) is 44.0 Å². The predicted molar refractivity (Wildman–Crippen MR) is 76.0 cm³/mol. The monoisotopic (exact) mass is 266 g/mol. The fraction of sp³-hybridized carbons (Fsp3) is 0.500. The number of piperidine rings is 1. The Bertz CT molecular complexity index is 447. The smallest absolute Gasteiger partial charge is 0.133 e. The van der Waals surface area contributed by atoms with Gasteiger partial charge in [0.15, 0.2) is 0 Å². The first-order valence-electron chi connectivity index (χ1n) is 6.40. The summed E-state index contributed by atoms with van der Waals surface area (Å²) in [5.74, 6) is -0.335. The van der Waals surface area contributed by atoms with Crippen LogP contribution in [0.2, 0.25) is 0 Å². The largest absolute Gasteiger partial charge is 0.389 e. The molecule has 0 aromatic heterocycles. The molecular weight excluding hydrogens is 247 g/mol. The first-order valence-corrected chi connectivity index (χ1v) is 6.81. The molecule has 2 N–H and O–H groups in total. The standard InChI is InChI=1S/C14H19FN2S/c1-10-4-2-3-7-17(10)9-11-5-6-13(15)12(8-11)14(16)18/h5-6,8,10H,2-4,7,9H2,1H3,(H2,16,18). The van der Waals surface area contributed by atoms with E-state index < -0.39 is 0 Å². The lowest BCUT2D eigenvalue weighted by atomic mass is 10.0. The second-order valence-corrected chi connectivity index (χ2v) is 5.43. The first kappa shape index (κ1) is 13.4. The zero-order valence-electron chi connectivity index (χ0n) is 10.7. The average molecular weight is 266 g/mol. The van der Waals surface area contributed by atoms with Crippen LogP contribution < -0.4 is 5.73 Å². The van der Waals surface area contributed by atoms with E-state index in [1.165, 1.54) is 25.3 Å². The molecule has 1 heterocycles. The van der Waals surface area contributed by atoms with E-state index in [9.17, 15) is 4.39 Å². The highest BCUT2D eigenvalue weighted by Gasteiger charge is 2.18. The summed E-state index contributed by atoms with van der Waals surface area (Å²) in [5, 5.41) is 0. The summed E-state index contributed by atoms with van der Waals surface area (Å²) >= 11 is 4.86. The average Bonchev–Trinajstić information content (AvgIpc) is 2.34. The Kier molecular flexibility index (Phi) is 4.30. The van der Waals surface area contributed by atoms with Gasteiger partial charge in [0.1, 0.15) is 10.8 Å². The summed E-state index contributed by atoms with van der Waals surface area (Å²) in [6.07, 6.45) is 3.79. The minimum Gasteiger partial charge on any atom is -0.389 e. The summed E-state index contributed by atoms with van der Waals surface area (Å²) < 4.78 is 13.5. The lowest BCUT2D eigenvalue weighted by Crippen LogP contribution is -2.36. The fourth-order valence-corrected chi connectivity index (χ4v) is 2.64. The number of thiocarbonyl (C=S) groups is 1. The van der Waals surface area contributed by atoms with Crippen LogP contribution in [0.3, 0.4) is 0 Å². The molecule has 2 rings (SSSR count). The van der Waals surface area contributed by atoms with Crippen molar-refractivity contribution in [3.8, 4) is 0 Å². The van der Waals surface area contributed by atoms with Gasteiger partial charge < -0.3 is 5.73 Å². The molecule has 0 aliphatic carbocycles. The van der Waals surface area contributed by atoms with Crippen molar-refractivity contribution < 1.29 is 4.39 Å². The van der Waals surface area contributed by atoms with E-state index >= 15 is 0 Å². The van der Waals surface area contributed by atoms with Crippen molar-refractivity contribution in [2.75, 3.05) is 6.54 Å². The van der Waals surface area contributed by atoms with Crippen molar-refractivity contribution in [3.63, 3.8) is 0 Å². The molecule has 0 saturated carbocycles. The van der Waals surface area contributed by atoms with Crippen LogP contribution in [0, 0.1) is 5.82 Å². The lowest BCUT2D eigenvalue weighted by molar-refractivity contribution is 0.152. The minimum absolute atomic E-state index is 0.126. The molecule has 0 spiro atoms. The Morgan fingerprint density at radius 3 is 2.94 bits per heavy atom. The molecule has 1 aromatic carbocycles. The molecule has 1 aromatic rings. The molecule has 2 nitrogen and oxygen atoms in total. The van der Waals surface area contributed by atoms with Crippen molar-refractivity contribution in [1.29, 1.82) is 0 Å². The summed E-state index contributed by atoms with van der Waals surface area (Å²) in [6, 6.07) is 5.65. The maximum absolute atomic E-state index is 13.5. The van der Waals surface area contributed by atoms with Crippen molar-refractivity contribution in [2.45, 2.75) is 38.8 Å². The lowest BCUT2D eigenvalue weighted by Gasteiger charge is -2.33. The van der Waals surface area contributed by atoms with Gasteiger partial charge in [-0.25, -0.2) is 4.39 Å². The van der Waals surface area contributed by atoms with Crippen LogP contribution in [-0.2, 0) is 6.54 Å². The van der Waals surface area contributed by atoms with Gasteiger partial charge in [0.25, 0.3) is 0 Å². The fourth-order valence-electron chi connectivity index (χ4n) is 2.49. The van der Waals surface area contributed by atoms with E-state index in [4.69, 9.17) is 18.0 Å². The van der Waals surface area contributed by atoms with E-state index in [0.29, 0.717) is 11.6 Å². The van der Waals surface area contributed by atoms with Crippen LogP contribution in [0.25, 0.3) is 0 Å². The van der Waals surface area contributed by atoms with Crippen molar-refractivity contribution >= 4 is 17.2 Å². The van der Waals surface area contributed by atoms with Crippen molar-refractivity contribution in [2.24, 2.45) is 5.73 Å². The van der Waals surface area contributed by atoms with E-state index in [-0.39, 0.29) is 10.8 Å². The molecule has 1 fully saturated rings. The van der Waals surface area contributed by atoms with Gasteiger partial charge in [0.05, 0.1) is 0 Å². The maximum Gasteiger partial charge on any atom is 0.133 e. The molecule has 98 valence electrons. The van der Waals surface area contributed by atoms with E-state index in [1.807, 2.05) is 6.07 Å². The number of nitrogens with zero attached hydrogens (tertiary/aromatic N) is 1. The molecule has 0 amide bonds. The third-order valence-corrected chi connectivity index (χ3v) is 3.84. The highest BCUT2D eigenvalue weighted by atomic mass is 32.1. The Balaban J connectivity index is 2.14. The molecule has 0 bridgehead atoms. The van der Waals surface area contributed by atoms with Crippen LogP contribution in [0.15, 0.2) is 18.2 Å². The Hall–Kier alpha value is -1.00. The van der Waals surface area contributed by atoms with Crippen LogP contribution in [0.1, 0.15) is 37.3 Å². The number of benzene rings is 1. The molecule has 0 radical (unpaired) electrons. The minimum atomic E-state index is -0.335. The Morgan fingerprint density at radius 2 is 2.28 bits per heavy atom. The number of likely N-dealkylation sites (tertiary alicyclic amines) is 1. The maximum atomic E-state index is 13.5. The predicted octanol–water partition coefficient (Wildman–Crippen LogP) is 2.83. The third kappa shape index (κ3) is 3.06. The van der Waals surface area contributed by atoms with E-state index in [1.54, 1.807) is 6.07 Å². The van der Waals surface area contributed by atoms with Gasteiger partial charge in [0, 0.05) is 18.2 Å². The highest BCUT2D eigenvalue weighted by molar-refractivity contribution is 7.80. The number of rotatable bonds is 3. The normalized spacial score (nSPS) is 20.9. The zero-order chi connectivity index (χ0) is 13.1. The van der Waals surface area contributed by atoms with Crippen molar-refractivity contribution in [1.82, 2.24) is 4.90 Å². The summed E-state index contributed by atoms with van der Waals surface area (Å²) in [4.78, 5) is 2.56. The number of hydrogen-bond acceptors (Lipinski definition) is 2. The summed E-state index contributed by atoms with van der Waals surface area (Å²) in [5.41, 5.74) is 6.95. The van der Waals surface area contributed by atoms with E-state index in [0.717, 1.165) is 18.7 Å². The topological polar surface area (TPSA) is 29.3 Å². The SMILES string of the molecule is CC1CCCCN1Cc1ccc(F)c(C(N)=S)c1. The molecule has 1 unspecified atom stereocenters. The highest BCUT2D eigenvalue weighted by Crippen LogP contribution is 2.20. The summed E-state index contributed by atoms with van der Waals surface area (Å²) in [6.45, 7) is 4.20. The van der Waals surface area contributed by atoms with Gasteiger partial charge >= 0.3 is 0 Å². The molecule has 4 heteroatoms. The number of halogens is 1. The third-order valence-electron chi connectivity index (χ3n) is 3.62. The van der Waals surface area contributed by atoms with Crippen molar-refractivity contribution in [3.05, 3.63) is 35.1 Å². The Labute approximate surface area is 113 Å². The number of nitrogens with two attached hydrogens (primary N) is 1. The van der Waals surface area contributed by atoms with Crippen LogP contribution >= 0.6 is 12.2 Å². The molecular formula is C14H19FN2S. The van der Waals surface area contributed by atoms with E-state index in [2.05, 4.69) is 11.8 Å². The Morgan fingerprint density at radius 1 is 1.50 bits per heavy atom. The van der Waals surface area contributed by atoms with Gasteiger partial charge in [-0.15, -0.1) is 0 Å². The first-order chi connectivity index (χ1) is 8.58. The second-order valence-electron chi connectivity index (χ2n) is 4.99.